The third-order valence-electron chi connectivity index (χ3n) is 5.60. The van der Waals surface area contributed by atoms with Crippen LogP contribution in [0.5, 0.6) is 0 Å². The van der Waals surface area contributed by atoms with Crippen LogP contribution in [0.15, 0.2) is 59.5 Å². The Labute approximate surface area is 164 Å². The minimum absolute atomic E-state index is 0.0202. The van der Waals surface area contributed by atoms with Crippen molar-refractivity contribution in [3.05, 3.63) is 87.3 Å². The van der Waals surface area contributed by atoms with Crippen molar-refractivity contribution in [2.75, 3.05) is 5.32 Å². The zero-order valence-corrected chi connectivity index (χ0v) is 16.5. The molecule has 4 heteroatoms. The molecule has 0 spiro atoms. The number of anilines is 1. The lowest BCUT2D eigenvalue weighted by molar-refractivity contribution is -0.116. The number of fused-ring (bicyclic) bond motifs is 1. The molecule has 4 nitrogen and oxygen atoms in total. The predicted molar refractivity (Wildman–Crippen MR) is 113 cm³/mol. The van der Waals surface area contributed by atoms with Gasteiger partial charge in [0, 0.05) is 36.8 Å². The number of aryl methyl sites for hydroxylation is 3. The number of pyridine rings is 1. The van der Waals surface area contributed by atoms with E-state index in [0.29, 0.717) is 6.42 Å². The minimum atomic E-state index is 0.0202. The molecular weight excluding hydrogens is 348 g/mol. The molecule has 0 aliphatic carbocycles. The second-order valence-corrected chi connectivity index (χ2v) is 7.61. The third-order valence-corrected chi connectivity index (χ3v) is 5.60. The van der Waals surface area contributed by atoms with Crippen LogP contribution in [0.2, 0.25) is 0 Å². The second-order valence-electron chi connectivity index (χ2n) is 7.61. The summed E-state index contributed by atoms with van der Waals surface area (Å²) in [5, 5.41) is 3.10. The minimum Gasteiger partial charge on any atom is -0.326 e. The monoisotopic (exact) mass is 372 g/mol. The quantitative estimate of drug-likeness (QED) is 0.741. The summed E-state index contributed by atoms with van der Waals surface area (Å²) in [6.45, 7) is 4.01. The first kappa shape index (κ1) is 18.2. The number of aromatic nitrogens is 1. The summed E-state index contributed by atoms with van der Waals surface area (Å²) >= 11 is 0. The van der Waals surface area contributed by atoms with Gasteiger partial charge in [-0.3, -0.25) is 9.59 Å². The Bertz CT molecular complexity index is 1090. The molecule has 1 aliphatic heterocycles. The maximum Gasteiger partial charge on any atom is 0.253 e. The van der Waals surface area contributed by atoms with Crippen molar-refractivity contribution >= 4 is 11.6 Å². The van der Waals surface area contributed by atoms with E-state index in [1.54, 1.807) is 11.6 Å². The number of amides is 1. The van der Waals surface area contributed by atoms with Gasteiger partial charge in [-0.25, -0.2) is 0 Å². The van der Waals surface area contributed by atoms with E-state index in [1.165, 1.54) is 5.56 Å². The van der Waals surface area contributed by atoms with E-state index in [2.05, 4.69) is 36.5 Å². The van der Waals surface area contributed by atoms with E-state index in [4.69, 9.17) is 0 Å². The van der Waals surface area contributed by atoms with Crippen molar-refractivity contribution in [1.29, 1.82) is 0 Å². The molecule has 28 heavy (non-hydrogen) atoms. The largest absolute Gasteiger partial charge is 0.326 e. The Balaban J connectivity index is 1.91. The maximum atomic E-state index is 12.1. The van der Waals surface area contributed by atoms with Crippen molar-refractivity contribution in [3.8, 4) is 11.1 Å². The number of benzene rings is 2. The molecule has 0 saturated carbocycles. The van der Waals surface area contributed by atoms with Gasteiger partial charge in [-0.1, -0.05) is 37.3 Å². The van der Waals surface area contributed by atoms with Gasteiger partial charge in [0.1, 0.15) is 0 Å². The summed E-state index contributed by atoms with van der Waals surface area (Å²) in [4.78, 5) is 24.2. The Morgan fingerprint density at radius 3 is 2.46 bits per heavy atom. The summed E-state index contributed by atoms with van der Waals surface area (Å²) < 4.78 is 1.63. The van der Waals surface area contributed by atoms with Crippen LogP contribution in [0.4, 0.5) is 5.69 Å². The average molecular weight is 372 g/mol. The van der Waals surface area contributed by atoms with Crippen LogP contribution in [-0.2, 0) is 18.3 Å². The van der Waals surface area contributed by atoms with Crippen LogP contribution >= 0.6 is 0 Å². The predicted octanol–water partition coefficient (Wildman–Crippen LogP) is 4.40. The van der Waals surface area contributed by atoms with Gasteiger partial charge >= 0.3 is 0 Å². The van der Waals surface area contributed by atoms with Gasteiger partial charge in [0.15, 0.2) is 0 Å². The number of nitrogens with zero attached hydrogens (tertiary/aromatic N) is 1. The van der Waals surface area contributed by atoms with Gasteiger partial charge in [0.25, 0.3) is 5.56 Å². The molecule has 4 rings (SSSR count). The summed E-state index contributed by atoms with van der Waals surface area (Å²) in [6, 6.07) is 16.6. The molecule has 2 heterocycles. The molecule has 3 aromatic rings. The lowest BCUT2D eigenvalue weighted by Crippen LogP contribution is -2.21. The number of hydrogen-bond donors (Lipinski definition) is 1. The van der Waals surface area contributed by atoms with E-state index >= 15 is 0 Å². The normalized spacial score (nSPS) is 14.3. The highest BCUT2D eigenvalue weighted by Crippen LogP contribution is 2.38. The fourth-order valence-corrected chi connectivity index (χ4v) is 3.99. The Morgan fingerprint density at radius 1 is 1.00 bits per heavy atom. The van der Waals surface area contributed by atoms with Crippen LogP contribution in [0, 0.1) is 6.92 Å². The Morgan fingerprint density at radius 2 is 1.75 bits per heavy atom. The molecule has 0 saturated heterocycles. The number of carbonyl (C=O) groups is 1. The lowest BCUT2D eigenvalue weighted by atomic mass is 9.85. The zero-order valence-electron chi connectivity index (χ0n) is 16.5. The molecule has 0 fully saturated rings. The first-order valence-corrected chi connectivity index (χ1v) is 9.63. The number of nitrogens with one attached hydrogen (secondary N) is 1. The summed E-state index contributed by atoms with van der Waals surface area (Å²) in [6.07, 6.45) is 3.12. The van der Waals surface area contributed by atoms with Gasteiger partial charge in [0.2, 0.25) is 5.91 Å². The van der Waals surface area contributed by atoms with Crippen LogP contribution in [-0.4, -0.2) is 10.5 Å². The van der Waals surface area contributed by atoms with Crippen molar-refractivity contribution in [2.24, 2.45) is 7.05 Å². The fraction of sp³-hybridized carbons (Fsp3) is 0.250. The van der Waals surface area contributed by atoms with Crippen molar-refractivity contribution in [2.45, 2.75) is 32.6 Å². The Hall–Kier alpha value is -3.14. The molecule has 1 unspecified atom stereocenters. The molecule has 0 radical (unpaired) electrons. The van der Waals surface area contributed by atoms with Gasteiger partial charge in [-0.2, -0.15) is 0 Å². The van der Waals surface area contributed by atoms with Gasteiger partial charge < -0.3 is 9.88 Å². The zero-order chi connectivity index (χ0) is 19.8. The van der Waals surface area contributed by atoms with E-state index in [1.807, 2.05) is 37.4 Å². The number of hydrogen-bond acceptors (Lipinski definition) is 2. The molecule has 1 aliphatic rings. The van der Waals surface area contributed by atoms with Crippen molar-refractivity contribution in [3.63, 3.8) is 0 Å². The highest BCUT2D eigenvalue weighted by Gasteiger charge is 2.23. The Kier molecular flexibility index (Phi) is 4.63. The van der Waals surface area contributed by atoms with E-state index in [0.717, 1.165) is 39.9 Å². The molecule has 1 atom stereocenters. The van der Waals surface area contributed by atoms with Crippen LogP contribution in [0.25, 0.3) is 11.1 Å². The molecule has 1 amide bonds. The first-order chi connectivity index (χ1) is 13.4. The van der Waals surface area contributed by atoms with Gasteiger partial charge in [0.05, 0.1) is 0 Å². The van der Waals surface area contributed by atoms with Crippen LogP contribution < -0.4 is 10.9 Å². The number of rotatable bonds is 3. The molecule has 1 aromatic heterocycles. The summed E-state index contributed by atoms with van der Waals surface area (Å²) in [5.41, 5.74) is 7.25. The summed E-state index contributed by atoms with van der Waals surface area (Å²) in [5.74, 6) is 0.210. The first-order valence-electron chi connectivity index (χ1n) is 9.63. The third kappa shape index (κ3) is 3.26. The molecule has 142 valence electrons. The standard InChI is InChI=1S/C24H24N2O2/c1-15-11-20(14-26(3)24(15)28)19-12-18-9-10-22(27)25-23(18)21(13-19)16(2)17-7-5-4-6-8-17/h4-8,11-14,16H,9-10H2,1-3H3,(H,25,27). The highest BCUT2D eigenvalue weighted by atomic mass is 16.1. The van der Waals surface area contributed by atoms with Crippen LogP contribution in [0.3, 0.4) is 0 Å². The van der Waals surface area contributed by atoms with E-state index in [-0.39, 0.29) is 17.4 Å². The van der Waals surface area contributed by atoms with Gasteiger partial charge in [-0.05, 0) is 59.4 Å². The molecular formula is C24H24N2O2. The molecule has 2 aromatic carbocycles. The molecule has 1 N–H and O–H groups in total. The lowest BCUT2D eigenvalue weighted by Gasteiger charge is -2.25. The average Bonchev–Trinajstić information content (AvgIpc) is 2.71. The van der Waals surface area contributed by atoms with Gasteiger partial charge in [-0.15, -0.1) is 0 Å². The number of carbonyl (C=O) groups excluding carboxylic acids is 1. The van der Waals surface area contributed by atoms with Crippen molar-refractivity contribution < 1.29 is 4.79 Å². The topological polar surface area (TPSA) is 51.1 Å². The van der Waals surface area contributed by atoms with Crippen molar-refractivity contribution in [1.82, 2.24) is 4.57 Å². The highest BCUT2D eigenvalue weighted by molar-refractivity contribution is 5.95. The smallest absolute Gasteiger partial charge is 0.253 e. The summed E-state index contributed by atoms with van der Waals surface area (Å²) in [7, 11) is 1.78. The van der Waals surface area contributed by atoms with Crippen LogP contribution in [0.1, 0.15) is 41.5 Å². The second kappa shape index (κ2) is 7.12. The van der Waals surface area contributed by atoms with E-state index < -0.39 is 0 Å². The molecule has 0 bridgehead atoms. The van der Waals surface area contributed by atoms with E-state index in [9.17, 15) is 9.59 Å². The fourth-order valence-electron chi connectivity index (χ4n) is 3.99. The maximum absolute atomic E-state index is 12.1. The SMILES string of the molecule is Cc1cc(-c2cc3c(c(C(C)c4ccccc4)c2)NC(=O)CC3)cn(C)c1=O.